The predicted octanol–water partition coefficient (Wildman–Crippen LogP) is 7.57. The monoisotopic (exact) mass is 1010 g/mol. The molecular weight excluding hydrogens is 965 g/mol. The fraction of sp³-hybridized carbons (Fsp3) is 0.245. The predicted molar refractivity (Wildman–Crippen MR) is 268 cm³/mol. The van der Waals surface area contributed by atoms with E-state index >= 15 is 4.39 Å². The molecule has 380 valence electrons. The molecule has 2 fully saturated rings. The molecule has 8 heterocycles. The summed E-state index contributed by atoms with van der Waals surface area (Å²) in [7, 11) is 2.83. The van der Waals surface area contributed by atoms with Crippen LogP contribution < -0.4 is 15.2 Å². The summed E-state index contributed by atoms with van der Waals surface area (Å²) in [4.78, 5) is 32.9. The fourth-order valence-electron chi connectivity index (χ4n) is 8.67. The summed E-state index contributed by atoms with van der Waals surface area (Å²) in [5, 5.41) is 39.5. The second-order valence-electron chi connectivity index (χ2n) is 18.0. The number of aromatic nitrogens is 14. The Morgan fingerprint density at radius 2 is 1.12 bits per heavy atom. The number of nitrogens with two attached hydrogens (primary N) is 1. The Bertz CT molecular complexity index is 3650. The smallest absolute Gasteiger partial charge is 0.358 e. The number of fused-ring (bicyclic) bond motifs is 2. The Morgan fingerprint density at radius 1 is 0.627 bits per heavy atom. The van der Waals surface area contributed by atoms with E-state index in [1.807, 2.05) is 33.3 Å². The van der Waals surface area contributed by atoms with Crippen LogP contribution in [0.3, 0.4) is 0 Å². The van der Waals surface area contributed by atoms with Crippen molar-refractivity contribution in [1.82, 2.24) is 69.2 Å². The van der Waals surface area contributed by atoms with Crippen LogP contribution in [-0.4, -0.2) is 100 Å². The van der Waals surface area contributed by atoms with Crippen LogP contribution in [0.15, 0.2) is 123 Å². The summed E-state index contributed by atoms with van der Waals surface area (Å²) in [6, 6.07) is 18.5. The topological polar surface area (TPSA) is 246 Å². The molecule has 3 N–H and O–H groups in total. The van der Waals surface area contributed by atoms with Crippen molar-refractivity contribution < 1.29 is 33.0 Å². The SMILES string of the molecule is COc1ccc(-c2ccnnc2)c(CCC(=O)c2cn(Cc3cn4cc(C5CC5)ccc4n3)nn2)c1F.COc1ccc(-c2ccnnc2)c(CN)c1F.O=C(O)c1cn(Cc2cn3cc(C4CC4)ccc3n2)nn1. The molecule has 0 unspecified atom stereocenters. The number of carboxylic acid groups (broad SMARTS) is 1. The van der Waals surface area contributed by atoms with Gasteiger partial charge in [-0.1, -0.05) is 34.7 Å². The second-order valence-corrected chi connectivity index (χ2v) is 18.0. The van der Waals surface area contributed by atoms with Crippen molar-refractivity contribution in [2.24, 2.45) is 5.73 Å². The number of ketones is 1. The van der Waals surface area contributed by atoms with Gasteiger partial charge < -0.3 is 29.1 Å². The molecule has 2 aliphatic carbocycles. The van der Waals surface area contributed by atoms with Crippen LogP contribution in [0.25, 0.3) is 33.5 Å². The number of nitrogens with zero attached hydrogens (tertiary/aromatic N) is 14. The molecule has 75 heavy (non-hydrogen) atoms. The van der Waals surface area contributed by atoms with Gasteiger partial charge in [0.25, 0.3) is 0 Å². The molecule has 2 aliphatic rings. The number of hydrogen-bond acceptors (Lipinski definition) is 15. The van der Waals surface area contributed by atoms with E-state index in [1.54, 1.807) is 72.1 Å². The Labute approximate surface area is 426 Å². The molecule has 20 nitrogen and oxygen atoms in total. The first-order valence-corrected chi connectivity index (χ1v) is 24.0. The number of ether oxygens (including phenoxy) is 2. The Morgan fingerprint density at radius 3 is 1.57 bits per heavy atom. The molecule has 12 rings (SSSR count). The van der Waals surface area contributed by atoms with Crippen LogP contribution in [0.5, 0.6) is 11.5 Å². The highest BCUT2D eigenvalue weighted by atomic mass is 19.1. The molecule has 0 spiro atoms. The summed E-state index contributed by atoms with van der Waals surface area (Å²) in [5.74, 6) is -0.543. The molecule has 0 radical (unpaired) electrons. The van der Waals surface area contributed by atoms with Gasteiger partial charge in [-0.25, -0.2) is 32.9 Å². The summed E-state index contributed by atoms with van der Waals surface area (Å²) in [6.07, 6.45) is 22.7. The van der Waals surface area contributed by atoms with Crippen LogP contribution in [0.2, 0.25) is 0 Å². The van der Waals surface area contributed by atoms with Crippen molar-refractivity contribution in [2.45, 2.75) is 70.0 Å². The molecule has 22 heteroatoms. The number of aromatic carboxylic acids is 1. The Kier molecular flexibility index (Phi) is 14.4. The van der Waals surface area contributed by atoms with Gasteiger partial charge in [0.05, 0.1) is 75.9 Å². The molecule has 2 aromatic carbocycles. The minimum Gasteiger partial charge on any atom is -0.494 e. The maximum atomic E-state index is 15.2. The summed E-state index contributed by atoms with van der Waals surface area (Å²) >= 11 is 0. The van der Waals surface area contributed by atoms with Gasteiger partial charge in [0.1, 0.15) is 17.0 Å². The van der Waals surface area contributed by atoms with Gasteiger partial charge in [-0.15, -0.1) is 10.2 Å². The third kappa shape index (κ3) is 11.4. The minimum absolute atomic E-state index is 0.0604. The van der Waals surface area contributed by atoms with Crippen molar-refractivity contribution >= 4 is 23.0 Å². The summed E-state index contributed by atoms with van der Waals surface area (Å²) < 4.78 is 46.3. The highest BCUT2D eigenvalue weighted by molar-refractivity contribution is 5.94. The first-order chi connectivity index (χ1) is 36.5. The van der Waals surface area contributed by atoms with Crippen LogP contribution in [0.4, 0.5) is 8.78 Å². The summed E-state index contributed by atoms with van der Waals surface area (Å²) in [6.45, 7) is 0.895. The number of carbonyl (C=O) groups excluding carboxylic acids is 1. The molecule has 0 saturated heterocycles. The van der Waals surface area contributed by atoms with E-state index in [2.05, 4.69) is 75.5 Å². The average molecular weight is 1010 g/mol. The second kappa shape index (κ2) is 21.9. The van der Waals surface area contributed by atoms with E-state index in [0.717, 1.165) is 28.2 Å². The molecule has 8 aromatic heterocycles. The lowest BCUT2D eigenvalue weighted by molar-refractivity contribution is 0.0690. The van der Waals surface area contributed by atoms with Crippen molar-refractivity contribution in [1.29, 1.82) is 0 Å². The van der Waals surface area contributed by atoms with Crippen LogP contribution in [0.1, 0.15) is 98.6 Å². The first-order valence-electron chi connectivity index (χ1n) is 24.0. The van der Waals surface area contributed by atoms with Crippen LogP contribution in [0, 0.1) is 11.6 Å². The zero-order chi connectivity index (χ0) is 52.0. The van der Waals surface area contributed by atoms with E-state index in [0.29, 0.717) is 52.7 Å². The minimum atomic E-state index is -1.08. The van der Waals surface area contributed by atoms with Gasteiger partial charge in [0, 0.05) is 60.0 Å². The third-order valence-corrected chi connectivity index (χ3v) is 12.8. The van der Waals surface area contributed by atoms with Gasteiger partial charge in [0.2, 0.25) is 0 Å². The number of carboxylic acids is 1. The van der Waals surface area contributed by atoms with Crippen molar-refractivity contribution in [2.75, 3.05) is 14.2 Å². The van der Waals surface area contributed by atoms with Gasteiger partial charge in [-0.2, -0.15) is 20.4 Å². The number of methoxy groups -OCH3 is 2. The van der Waals surface area contributed by atoms with Crippen LogP contribution in [-0.2, 0) is 26.1 Å². The number of pyridine rings is 2. The molecule has 0 amide bonds. The van der Waals surface area contributed by atoms with E-state index in [-0.39, 0.29) is 48.1 Å². The van der Waals surface area contributed by atoms with E-state index in [9.17, 15) is 14.0 Å². The Hall–Kier alpha value is -9.18. The fourth-order valence-corrected chi connectivity index (χ4v) is 8.67. The largest absolute Gasteiger partial charge is 0.494 e. The van der Waals surface area contributed by atoms with Crippen molar-refractivity contribution in [3.05, 3.63) is 179 Å². The molecular formula is C53H49F2N15O5. The Balaban J connectivity index is 0.000000142. The van der Waals surface area contributed by atoms with E-state index in [1.165, 1.54) is 61.9 Å². The number of halogens is 2. The van der Waals surface area contributed by atoms with E-state index in [4.69, 9.17) is 20.3 Å². The number of rotatable bonds is 16. The van der Waals surface area contributed by atoms with Crippen LogP contribution >= 0.6 is 0 Å². The number of benzene rings is 2. The van der Waals surface area contributed by atoms with Gasteiger partial charge in [0.15, 0.2) is 34.6 Å². The number of hydrogen-bond donors (Lipinski definition) is 2. The van der Waals surface area contributed by atoms with Crippen molar-refractivity contribution in [3.8, 4) is 33.8 Å². The number of carbonyl (C=O) groups is 2. The normalized spacial score (nSPS) is 13.0. The van der Waals surface area contributed by atoms with Gasteiger partial charge in [-0.3, -0.25) is 4.79 Å². The standard InChI is InChI=1S/C27H24FN7O2.C14H13N5O2.C12H12FN3O/c1-37-25-8-6-21(18-10-11-29-30-12-18)22(27(25)28)5-7-24(36)23-16-35(33-32-23)15-20-14-34-13-19(17-2-3-17)4-9-26(34)31-20;20-14(21)12-8-19(17-16-12)7-11-6-18-5-10(9-1-2-9)3-4-13(18)15-11;1-17-11-3-2-9(10(6-14)12(11)13)8-4-5-15-16-7-8/h4,6,8-14,16-17H,2-3,5,7,15H2,1H3;3-6,8-9H,1-2,7H2,(H,20,21);2-5,7H,6,14H2,1H3. The van der Waals surface area contributed by atoms with Gasteiger partial charge >= 0.3 is 5.97 Å². The maximum Gasteiger partial charge on any atom is 0.358 e. The number of Topliss-reactive ketones (excluding diaryl/α,β-unsaturated/α-hetero) is 1. The maximum absolute atomic E-state index is 15.2. The molecule has 10 aromatic rings. The van der Waals surface area contributed by atoms with Gasteiger partial charge in [-0.05, 0) is 103 Å². The molecule has 2 saturated carbocycles. The zero-order valence-corrected chi connectivity index (χ0v) is 40.7. The quantitative estimate of drug-likeness (QED) is 0.0886. The first kappa shape index (κ1) is 49.4. The highest BCUT2D eigenvalue weighted by Gasteiger charge is 2.25. The lowest BCUT2D eigenvalue weighted by Crippen LogP contribution is -2.05. The summed E-state index contributed by atoms with van der Waals surface area (Å²) in [5.41, 5.74) is 15.5. The average Bonchev–Trinajstić information content (AvgIpc) is 4.27. The molecule has 0 bridgehead atoms. The molecule has 0 aliphatic heterocycles. The third-order valence-electron chi connectivity index (χ3n) is 12.8. The number of imidazole rings is 2. The highest BCUT2D eigenvalue weighted by Crippen LogP contribution is 2.41. The molecule has 0 atom stereocenters. The zero-order valence-electron chi connectivity index (χ0n) is 40.7. The van der Waals surface area contributed by atoms with Crippen molar-refractivity contribution in [3.63, 3.8) is 0 Å². The van der Waals surface area contributed by atoms with E-state index < -0.39 is 17.6 Å². The lowest BCUT2D eigenvalue weighted by atomic mass is 9.95. The lowest BCUT2D eigenvalue weighted by Gasteiger charge is -2.13.